The quantitative estimate of drug-likeness (QED) is 0.733. The molecule has 7 nitrogen and oxygen atoms in total. The summed E-state index contributed by atoms with van der Waals surface area (Å²) in [5, 5.41) is 3.59. The maximum absolute atomic E-state index is 12.8. The molecule has 1 aliphatic heterocycles. The van der Waals surface area contributed by atoms with E-state index in [1.807, 2.05) is 12.1 Å². The van der Waals surface area contributed by atoms with E-state index >= 15 is 0 Å². The van der Waals surface area contributed by atoms with E-state index in [2.05, 4.69) is 20.3 Å². The number of benzene rings is 1. The van der Waals surface area contributed by atoms with Gasteiger partial charge in [0.15, 0.2) is 0 Å². The number of fused-ring (bicyclic) bond motifs is 1. The minimum absolute atomic E-state index is 0.143. The topological polar surface area (TPSA) is 89.8 Å². The van der Waals surface area contributed by atoms with Crippen LogP contribution in [0.4, 0.5) is 0 Å². The molecule has 1 amide bonds. The third-order valence-electron chi connectivity index (χ3n) is 4.76. The van der Waals surface area contributed by atoms with Gasteiger partial charge >= 0.3 is 0 Å². The second-order valence-electron chi connectivity index (χ2n) is 6.62. The highest BCUT2D eigenvalue weighted by molar-refractivity contribution is 6.30. The summed E-state index contributed by atoms with van der Waals surface area (Å²) in [7, 11) is 0. The predicted molar refractivity (Wildman–Crippen MR) is 105 cm³/mol. The summed E-state index contributed by atoms with van der Waals surface area (Å²) in [6, 6.07) is 10.5. The molecule has 3 heterocycles. The number of amides is 1. The summed E-state index contributed by atoms with van der Waals surface area (Å²) < 4.78 is 1.58. The highest BCUT2D eigenvalue weighted by atomic mass is 35.5. The Morgan fingerprint density at radius 1 is 1.21 bits per heavy atom. The molecule has 0 bridgehead atoms. The summed E-state index contributed by atoms with van der Waals surface area (Å²) in [5.41, 5.74) is 1.79. The first-order chi connectivity index (χ1) is 13.6. The molecule has 0 aliphatic carbocycles. The number of carbonyl (C=O) groups excluding carboxylic acids is 1. The zero-order chi connectivity index (χ0) is 19.5. The summed E-state index contributed by atoms with van der Waals surface area (Å²) in [6.45, 7) is 0.953. The molecule has 8 heteroatoms. The lowest BCUT2D eigenvalue weighted by Crippen LogP contribution is -2.37. The van der Waals surface area contributed by atoms with E-state index in [1.54, 1.807) is 29.0 Å². The number of halogens is 1. The molecular formula is C20H18ClN5O2. The lowest BCUT2D eigenvalue weighted by atomic mass is 9.97. The Morgan fingerprint density at radius 3 is 2.79 bits per heavy atom. The molecule has 142 valence electrons. The van der Waals surface area contributed by atoms with Crippen LogP contribution in [0.15, 0.2) is 53.7 Å². The van der Waals surface area contributed by atoms with Crippen molar-refractivity contribution in [3.8, 4) is 11.4 Å². The van der Waals surface area contributed by atoms with Crippen molar-refractivity contribution in [3.63, 3.8) is 0 Å². The van der Waals surface area contributed by atoms with Gasteiger partial charge in [-0.15, -0.1) is 0 Å². The summed E-state index contributed by atoms with van der Waals surface area (Å²) in [5.74, 6) is -0.133. The van der Waals surface area contributed by atoms with E-state index in [1.165, 1.54) is 12.4 Å². The molecule has 2 aromatic heterocycles. The van der Waals surface area contributed by atoms with Crippen LogP contribution in [-0.2, 0) is 17.9 Å². The van der Waals surface area contributed by atoms with E-state index in [9.17, 15) is 9.59 Å². The van der Waals surface area contributed by atoms with E-state index in [0.717, 1.165) is 12.0 Å². The largest absolute Gasteiger partial charge is 0.351 e. The first-order valence-electron chi connectivity index (χ1n) is 9.02. The second kappa shape index (κ2) is 7.90. The van der Waals surface area contributed by atoms with E-state index in [-0.39, 0.29) is 11.5 Å². The lowest BCUT2D eigenvalue weighted by Gasteiger charge is -2.25. The first-order valence-corrected chi connectivity index (χ1v) is 9.40. The van der Waals surface area contributed by atoms with Gasteiger partial charge in [-0.05, 0) is 36.6 Å². The molecule has 1 unspecified atom stereocenters. The fraction of sp³-hybridized carbons (Fsp3) is 0.250. The zero-order valence-corrected chi connectivity index (χ0v) is 15.8. The minimum Gasteiger partial charge on any atom is -0.351 e. The standard InChI is InChI=1S/C20H18ClN5O2/c21-14-5-3-13(4-6-14)11-23-20(28)15-2-1-9-26-18(27)10-17(25-19(15)26)16-7-8-22-12-24-16/h3-8,10,12,15H,1-2,9,11H2,(H,23,28). The smallest absolute Gasteiger partial charge is 0.254 e. The van der Waals surface area contributed by atoms with Gasteiger partial charge in [-0.1, -0.05) is 23.7 Å². The number of carbonyl (C=O) groups is 1. The summed E-state index contributed by atoms with van der Waals surface area (Å²) >= 11 is 5.90. The van der Waals surface area contributed by atoms with Crippen LogP contribution in [0.5, 0.6) is 0 Å². The van der Waals surface area contributed by atoms with Crippen molar-refractivity contribution in [3.05, 3.63) is 75.7 Å². The molecule has 0 fully saturated rings. The van der Waals surface area contributed by atoms with Gasteiger partial charge in [-0.3, -0.25) is 14.2 Å². The maximum Gasteiger partial charge on any atom is 0.254 e. The van der Waals surface area contributed by atoms with Crippen LogP contribution in [0.2, 0.25) is 5.02 Å². The molecule has 0 saturated carbocycles. The third kappa shape index (κ3) is 3.80. The van der Waals surface area contributed by atoms with Gasteiger partial charge in [0.05, 0.1) is 17.3 Å². The van der Waals surface area contributed by atoms with Crippen molar-refractivity contribution in [2.75, 3.05) is 0 Å². The number of nitrogens with one attached hydrogen (secondary N) is 1. The Morgan fingerprint density at radius 2 is 2.04 bits per heavy atom. The molecular weight excluding hydrogens is 378 g/mol. The first kappa shape index (κ1) is 18.3. The van der Waals surface area contributed by atoms with Crippen molar-refractivity contribution in [2.24, 2.45) is 0 Å². The number of hydrogen-bond acceptors (Lipinski definition) is 5. The number of nitrogens with zero attached hydrogens (tertiary/aromatic N) is 4. The second-order valence-corrected chi connectivity index (χ2v) is 7.06. The maximum atomic E-state index is 12.8. The van der Waals surface area contributed by atoms with E-state index in [4.69, 9.17) is 11.6 Å². The molecule has 4 rings (SSSR count). The normalized spacial score (nSPS) is 15.7. The molecule has 1 atom stereocenters. The molecule has 1 N–H and O–H groups in total. The van der Waals surface area contributed by atoms with Gasteiger partial charge in [-0.25, -0.2) is 15.0 Å². The fourth-order valence-corrected chi connectivity index (χ4v) is 3.46. The molecule has 0 radical (unpaired) electrons. The number of rotatable bonds is 4. The van der Waals surface area contributed by atoms with E-state index in [0.29, 0.717) is 41.7 Å². The van der Waals surface area contributed by atoms with Crippen molar-refractivity contribution in [2.45, 2.75) is 31.8 Å². The molecule has 1 aliphatic rings. The van der Waals surface area contributed by atoms with Crippen LogP contribution < -0.4 is 10.9 Å². The molecule has 0 saturated heterocycles. The van der Waals surface area contributed by atoms with Crippen molar-refractivity contribution in [1.29, 1.82) is 0 Å². The Labute approximate surface area is 166 Å². The van der Waals surface area contributed by atoms with Crippen LogP contribution in [-0.4, -0.2) is 25.4 Å². The van der Waals surface area contributed by atoms with E-state index < -0.39 is 5.92 Å². The summed E-state index contributed by atoms with van der Waals surface area (Å²) in [4.78, 5) is 38.1. The van der Waals surface area contributed by atoms with Gasteiger partial charge in [-0.2, -0.15) is 0 Å². The number of aromatic nitrogens is 4. The van der Waals surface area contributed by atoms with Crippen molar-refractivity contribution >= 4 is 17.5 Å². The summed E-state index contributed by atoms with van der Waals surface area (Å²) in [6.07, 6.45) is 4.40. The third-order valence-corrected chi connectivity index (χ3v) is 5.02. The van der Waals surface area contributed by atoms with Crippen LogP contribution in [0, 0.1) is 0 Å². The van der Waals surface area contributed by atoms with Crippen LogP contribution >= 0.6 is 11.6 Å². The highest BCUT2D eigenvalue weighted by Crippen LogP contribution is 2.26. The van der Waals surface area contributed by atoms with Gasteiger partial charge in [0.1, 0.15) is 12.2 Å². The van der Waals surface area contributed by atoms with Gasteiger partial charge in [0.2, 0.25) is 5.91 Å². The fourth-order valence-electron chi connectivity index (χ4n) is 3.33. The van der Waals surface area contributed by atoms with Crippen molar-refractivity contribution < 1.29 is 4.79 Å². The Balaban J connectivity index is 1.60. The highest BCUT2D eigenvalue weighted by Gasteiger charge is 2.29. The van der Waals surface area contributed by atoms with Gasteiger partial charge < -0.3 is 5.32 Å². The van der Waals surface area contributed by atoms with Crippen LogP contribution in [0.25, 0.3) is 11.4 Å². The Kier molecular flexibility index (Phi) is 5.16. The van der Waals surface area contributed by atoms with Gasteiger partial charge in [0, 0.05) is 30.4 Å². The van der Waals surface area contributed by atoms with Crippen LogP contribution in [0.1, 0.15) is 30.1 Å². The monoisotopic (exact) mass is 395 g/mol. The predicted octanol–water partition coefficient (Wildman–Crippen LogP) is 2.55. The molecule has 3 aromatic rings. The zero-order valence-electron chi connectivity index (χ0n) is 15.0. The Bertz CT molecular complexity index is 1050. The average molecular weight is 396 g/mol. The van der Waals surface area contributed by atoms with Crippen LogP contribution in [0.3, 0.4) is 0 Å². The average Bonchev–Trinajstić information content (AvgIpc) is 2.73. The molecule has 1 aromatic carbocycles. The molecule has 28 heavy (non-hydrogen) atoms. The lowest BCUT2D eigenvalue weighted by molar-refractivity contribution is -0.123. The minimum atomic E-state index is -0.476. The Hall–Kier alpha value is -3.06. The number of hydrogen-bond donors (Lipinski definition) is 1. The SMILES string of the molecule is O=C(NCc1ccc(Cl)cc1)C1CCCn2c1nc(-c1ccncn1)cc2=O. The molecule has 0 spiro atoms. The van der Waals surface area contributed by atoms with Crippen molar-refractivity contribution in [1.82, 2.24) is 24.8 Å². The van der Waals surface area contributed by atoms with Gasteiger partial charge in [0.25, 0.3) is 5.56 Å².